The lowest BCUT2D eigenvalue weighted by Crippen LogP contribution is -2.53. The van der Waals surface area contributed by atoms with Crippen molar-refractivity contribution in [3.8, 4) is 11.1 Å². The number of ether oxygens (including phenoxy) is 4. The Kier molecular flexibility index (Phi) is 10.7. The molecule has 2 N–H and O–H groups in total. The molecule has 1 saturated carbocycles. The minimum absolute atomic E-state index is 0.0280. The Bertz CT molecular complexity index is 1430. The molecule has 1 fully saturated rings. The molecule has 3 atom stereocenters. The molecule has 2 aliphatic rings. The number of alkyl carbamates (subject to hydrolysis) is 1. The van der Waals surface area contributed by atoms with Crippen molar-refractivity contribution >= 4 is 30.1 Å². The highest BCUT2D eigenvalue weighted by molar-refractivity contribution is 5.87. The third-order valence-corrected chi connectivity index (χ3v) is 7.65. The maximum atomic E-state index is 13.2. The Hall–Kier alpha value is -4.87. The van der Waals surface area contributed by atoms with E-state index in [0.29, 0.717) is 12.8 Å². The van der Waals surface area contributed by atoms with E-state index in [1.807, 2.05) is 48.5 Å². The van der Waals surface area contributed by atoms with Gasteiger partial charge < -0.3 is 29.4 Å². The summed E-state index contributed by atoms with van der Waals surface area (Å²) in [4.78, 5) is 64.9. The maximum Gasteiger partial charge on any atom is 0.410 e. The van der Waals surface area contributed by atoms with Gasteiger partial charge in [0.25, 0.3) is 0 Å². The van der Waals surface area contributed by atoms with Gasteiger partial charge in [-0.2, -0.15) is 0 Å². The molecule has 246 valence electrons. The molecule has 4 rings (SSSR count). The second-order valence-electron chi connectivity index (χ2n) is 12.3. The second kappa shape index (κ2) is 14.5. The molecule has 12 nitrogen and oxygen atoms in total. The molecule has 12 heteroatoms. The summed E-state index contributed by atoms with van der Waals surface area (Å²) >= 11 is 0. The second-order valence-corrected chi connectivity index (χ2v) is 12.3. The number of likely N-dealkylation sites (N-methyl/N-ethyl adjacent to an activating group) is 1. The summed E-state index contributed by atoms with van der Waals surface area (Å²) in [6, 6.07) is 12.6. The number of carboxylic acids is 1. The van der Waals surface area contributed by atoms with E-state index in [2.05, 4.69) is 11.9 Å². The molecular weight excluding hydrogens is 596 g/mol. The van der Waals surface area contributed by atoms with Crippen LogP contribution in [0.5, 0.6) is 0 Å². The van der Waals surface area contributed by atoms with Crippen LogP contribution in [0.25, 0.3) is 11.1 Å². The van der Waals surface area contributed by atoms with Crippen LogP contribution in [0.3, 0.4) is 0 Å². The van der Waals surface area contributed by atoms with E-state index in [4.69, 9.17) is 18.9 Å². The van der Waals surface area contributed by atoms with Gasteiger partial charge in [0.1, 0.15) is 31.0 Å². The number of hydrogen-bond donors (Lipinski definition) is 2. The number of rotatable bonds is 13. The summed E-state index contributed by atoms with van der Waals surface area (Å²) in [5.74, 6) is -3.86. The van der Waals surface area contributed by atoms with Crippen LogP contribution < -0.4 is 5.32 Å². The van der Waals surface area contributed by atoms with E-state index >= 15 is 0 Å². The van der Waals surface area contributed by atoms with Gasteiger partial charge >= 0.3 is 30.1 Å². The molecule has 0 radical (unpaired) electrons. The van der Waals surface area contributed by atoms with Crippen LogP contribution >= 0.6 is 0 Å². The Morgan fingerprint density at radius 3 is 2.11 bits per heavy atom. The molecule has 2 aromatic carbocycles. The summed E-state index contributed by atoms with van der Waals surface area (Å²) in [5, 5.41) is 12.4. The molecule has 0 saturated heterocycles. The molecule has 46 heavy (non-hydrogen) atoms. The first-order valence-corrected chi connectivity index (χ1v) is 15.1. The summed E-state index contributed by atoms with van der Waals surface area (Å²) < 4.78 is 21.5. The Labute approximate surface area is 267 Å². The van der Waals surface area contributed by atoms with Crippen molar-refractivity contribution < 1.29 is 48.0 Å². The predicted octanol–water partition coefficient (Wildman–Crippen LogP) is 4.65. The fraction of sp³-hybridized carbons (Fsp3) is 0.441. The normalized spacial score (nSPS) is 15.7. The number of hydrogen-bond acceptors (Lipinski definition) is 9. The van der Waals surface area contributed by atoms with Gasteiger partial charge in [-0.1, -0.05) is 61.2 Å². The number of carbonyl (C=O) groups excluding carboxylic acids is 4. The van der Waals surface area contributed by atoms with E-state index in [1.54, 1.807) is 20.8 Å². The van der Waals surface area contributed by atoms with Gasteiger partial charge in [0.2, 0.25) is 0 Å². The number of benzene rings is 2. The zero-order chi connectivity index (χ0) is 33.6. The van der Waals surface area contributed by atoms with Gasteiger partial charge in [0, 0.05) is 13.0 Å². The van der Waals surface area contributed by atoms with Gasteiger partial charge in [-0.05, 0) is 61.8 Å². The summed E-state index contributed by atoms with van der Waals surface area (Å²) in [6.45, 7) is 8.22. The van der Waals surface area contributed by atoms with Gasteiger partial charge in [0.05, 0.1) is 6.42 Å². The van der Waals surface area contributed by atoms with E-state index in [1.165, 1.54) is 13.1 Å². The molecule has 0 aliphatic heterocycles. The highest BCUT2D eigenvalue weighted by Gasteiger charge is 2.47. The van der Waals surface area contributed by atoms with Gasteiger partial charge in [-0.25, -0.2) is 19.2 Å². The van der Waals surface area contributed by atoms with Crippen molar-refractivity contribution in [3.63, 3.8) is 0 Å². The van der Waals surface area contributed by atoms with Crippen LogP contribution in [-0.4, -0.2) is 84.2 Å². The first-order chi connectivity index (χ1) is 21.8. The van der Waals surface area contributed by atoms with Crippen molar-refractivity contribution in [1.29, 1.82) is 0 Å². The van der Waals surface area contributed by atoms with Crippen LogP contribution in [-0.2, 0) is 33.3 Å². The third-order valence-electron chi connectivity index (χ3n) is 7.65. The van der Waals surface area contributed by atoms with Gasteiger partial charge in [0.15, 0.2) is 6.04 Å². The molecule has 2 amide bonds. The van der Waals surface area contributed by atoms with Crippen molar-refractivity contribution in [2.24, 2.45) is 5.92 Å². The first kappa shape index (κ1) is 34.0. The number of aliphatic carboxylic acids is 1. The van der Waals surface area contributed by atoms with Crippen molar-refractivity contribution in [2.45, 2.75) is 69.7 Å². The monoisotopic (exact) mass is 636 g/mol. The number of fused-ring (bicyclic) bond motifs is 3. The van der Waals surface area contributed by atoms with Crippen LogP contribution in [0.4, 0.5) is 9.59 Å². The SMILES string of the molecule is C=CCOC(=O)[C@H](CC(=O)O[C@@H](C1CC1)[C@H](C(=O)O)N(C)C(=O)OC(C)(C)C)NC(=O)OCC1c2ccccc2-c2ccccc21. The zero-order valence-corrected chi connectivity index (χ0v) is 26.4. The van der Waals surface area contributed by atoms with E-state index in [-0.39, 0.29) is 25.0 Å². The number of nitrogens with zero attached hydrogens (tertiary/aromatic N) is 1. The smallest absolute Gasteiger partial charge is 0.410 e. The Balaban J connectivity index is 1.44. The summed E-state index contributed by atoms with van der Waals surface area (Å²) in [7, 11) is 1.25. The average molecular weight is 637 g/mol. The predicted molar refractivity (Wildman–Crippen MR) is 166 cm³/mol. The van der Waals surface area contributed by atoms with Crippen molar-refractivity contribution in [2.75, 3.05) is 20.3 Å². The van der Waals surface area contributed by atoms with E-state index in [9.17, 15) is 29.1 Å². The summed E-state index contributed by atoms with van der Waals surface area (Å²) in [6.07, 6.45) is -1.27. The molecule has 2 aliphatic carbocycles. The zero-order valence-electron chi connectivity index (χ0n) is 26.4. The molecular formula is C34H40N2O10. The number of esters is 2. The third kappa shape index (κ3) is 8.43. The molecule has 0 spiro atoms. The lowest BCUT2D eigenvalue weighted by molar-refractivity contribution is -0.163. The Morgan fingerprint density at radius 1 is 1.00 bits per heavy atom. The average Bonchev–Trinajstić information content (AvgIpc) is 3.79. The standard InChI is InChI=1S/C34H40N2O10/c1-6-17-43-31(40)26(35-32(41)44-19-25-23-13-9-7-11-21(23)22-12-8-10-14-24(22)25)18-27(37)45-29(20-15-16-20)28(30(38)39)36(5)33(42)46-34(2,3)4/h6-14,20,25-26,28-29H,1,15-19H2,2-5H3,(H,35,41)(H,38,39)/t26-,28+,29-/m0/s1. The minimum Gasteiger partial charge on any atom is -0.480 e. The lowest BCUT2D eigenvalue weighted by atomic mass is 9.98. The maximum absolute atomic E-state index is 13.2. The van der Waals surface area contributed by atoms with Gasteiger partial charge in [-0.3, -0.25) is 9.69 Å². The van der Waals surface area contributed by atoms with E-state index in [0.717, 1.165) is 27.2 Å². The Morgan fingerprint density at radius 2 is 1.59 bits per heavy atom. The topological polar surface area (TPSA) is 158 Å². The molecule has 2 aromatic rings. The lowest BCUT2D eigenvalue weighted by Gasteiger charge is -2.33. The quantitative estimate of drug-likeness (QED) is 0.180. The fourth-order valence-corrected chi connectivity index (χ4v) is 5.40. The van der Waals surface area contributed by atoms with Crippen LogP contribution in [0.1, 0.15) is 57.1 Å². The highest BCUT2D eigenvalue weighted by Crippen LogP contribution is 2.44. The van der Waals surface area contributed by atoms with Crippen LogP contribution in [0, 0.1) is 5.92 Å². The molecule has 0 bridgehead atoms. The summed E-state index contributed by atoms with van der Waals surface area (Å²) in [5.41, 5.74) is 3.20. The largest absolute Gasteiger partial charge is 0.480 e. The van der Waals surface area contributed by atoms with Crippen LogP contribution in [0.15, 0.2) is 61.2 Å². The first-order valence-electron chi connectivity index (χ1n) is 15.1. The van der Waals surface area contributed by atoms with Crippen molar-refractivity contribution in [3.05, 3.63) is 72.3 Å². The van der Waals surface area contributed by atoms with Crippen LogP contribution in [0.2, 0.25) is 0 Å². The molecule has 0 aromatic heterocycles. The minimum atomic E-state index is -1.55. The molecule has 0 unspecified atom stereocenters. The number of carboxylic acid groups (broad SMARTS) is 1. The molecule has 0 heterocycles. The van der Waals surface area contributed by atoms with Gasteiger partial charge in [-0.15, -0.1) is 0 Å². The van der Waals surface area contributed by atoms with Crippen molar-refractivity contribution in [1.82, 2.24) is 10.2 Å². The van der Waals surface area contributed by atoms with E-state index < -0.39 is 60.3 Å². The highest BCUT2D eigenvalue weighted by atomic mass is 16.6. The number of amides is 2. The number of nitrogens with one attached hydrogen (secondary N) is 1. The number of carbonyl (C=O) groups is 5. The fourth-order valence-electron chi connectivity index (χ4n) is 5.40.